The Labute approximate surface area is 96.1 Å². The highest BCUT2D eigenvalue weighted by atomic mass is 16.3. The number of aliphatic hydroxyl groups is 2. The summed E-state index contributed by atoms with van der Waals surface area (Å²) in [6.45, 7) is 7.67. The van der Waals surface area contributed by atoms with Crippen LogP contribution in [0, 0.1) is 17.8 Å². The molecule has 1 rings (SSSR count). The number of hydrogen-bond donors (Lipinski definition) is 2. The first-order valence-corrected chi connectivity index (χ1v) is 5.73. The van der Waals surface area contributed by atoms with Gasteiger partial charge in [0.15, 0.2) is 0 Å². The predicted molar refractivity (Wildman–Crippen MR) is 61.7 cm³/mol. The van der Waals surface area contributed by atoms with Crippen molar-refractivity contribution < 1.29 is 10.2 Å². The van der Waals surface area contributed by atoms with Gasteiger partial charge in [-0.3, -0.25) is 0 Å². The second-order valence-corrected chi connectivity index (χ2v) is 5.57. The van der Waals surface area contributed by atoms with Gasteiger partial charge in [0.2, 0.25) is 0 Å². The van der Waals surface area contributed by atoms with Crippen molar-refractivity contribution in [3.8, 4) is 0 Å². The summed E-state index contributed by atoms with van der Waals surface area (Å²) in [5.41, 5.74) is 7.85. The van der Waals surface area contributed by atoms with Crippen LogP contribution in [-0.2, 0) is 0 Å². The monoisotopic (exact) mass is 227 g/mol. The first kappa shape index (κ1) is 13.3. The summed E-state index contributed by atoms with van der Waals surface area (Å²) in [4.78, 5) is 2.81. The van der Waals surface area contributed by atoms with Crippen molar-refractivity contribution in [2.75, 3.05) is 0 Å². The maximum atomic E-state index is 10.0. The van der Waals surface area contributed by atoms with E-state index in [9.17, 15) is 10.2 Å². The number of aliphatic hydroxyl groups excluding tert-OH is 2. The summed E-state index contributed by atoms with van der Waals surface area (Å²) < 4.78 is 0. The van der Waals surface area contributed by atoms with Crippen LogP contribution in [0.1, 0.15) is 34.1 Å². The Kier molecular flexibility index (Phi) is 3.84. The van der Waals surface area contributed by atoms with Gasteiger partial charge < -0.3 is 10.2 Å². The fraction of sp³-hybridized carbons (Fsp3) is 1.00. The van der Waals surface area contributed by atoms with Gasteiger partial charge in [0, 0.05) is 10.5 Å². The van der Waals surface area contributed by atoms with Crippen LogP contribution in [0.25, 0.3) is 10.4 Å². The Bertz CT molecular complexity index is 298. The molecule has 5 nitrogen and oxygen atoms in total. The van der Waals surface area contributed by atoms with Crippen molar-refractivity contribution in [3.63, 3.8) is 0 Å². The highest BCUT2D eigenvalue weighted by Gasteiger charge is 2.48. The van der Waals surface area contributed by atoms with Gasteiger partial charge >= 0.3 is 0 Å². The van der Waals surface area contributed by atoms with Crippen molar-refractivity contribution in [1.82, 2.24) is 0 Å². The average molecular weight is 227 g/mol. The lowest BCUT2D eigenvalue weighted by atomic mass is 9.84. The quantitative estimate of drug-likeness (QED) is 0.439. The molecule has 0 bridgehead atoms. The summed E-state index contributed by atoms with van der Waals surface area (Å²) in [5.74, 6) is 0.218. The van der Waals surface area contributed by atoms with Gasteiger partial charge in [-0.25, -0.2) is 0 Å². The fourth-order valence-electron chi connectivity index (χ4n) is 2.63. The number of nitrogens with zero attached hydrogens (tertiary/aromatic N) is 3. The molecule has 0 aliphatic heterocycles. The van der Waals surface area contributed by atoms with E-state index in [1.165, 1.54) is 0 Å². The molecule has 0 saturated heterocycles. The zero-order valence-electron chi connectivity index (χ0n) is 10.3. The van der Waals surface area contributed by atoms with Crippen LogP contribution in [0.3, 0.4) is 0 Å². The first-order valence-electron chi connectivity index (χ1n) is 5.73. The molecule has 0 heterocycles. The second kappa shape index (κ2) is 4.62. The number of azide groups is 1. The molecule has 0 aromatic heterocycles. The lowest BCUT2D eigenvalue weighted by molar-refractivity contribution is -0.0133. The smallest absolute Gasteiger partial charge is 0.0836 e. The predicted octanol–water partition coefficient (Wildman–Crippen LogP) is 2.09. The van der Waals surface area contributed by atoms with E-state index < -0.39 is 17.7 Å². The standard InChI is InChI=1S/C11H21N3O2/c1-6(2)7-5-8(10(16)9(7)15)11(3,4)13-14-12/h6-10,15-16H,5H2,1-4H3/t7-,8-,9-,10+/m0/s1. The van der Waals surface area contributed by atoms with Gasteiger partial charge in [-0.15, -0.1) is 0 Å². The first-order chi connectivity index (χ1) is 7.31. The van der Waals surface area contributed by atoms with Crippen molar-refractivity contribution in [3.05, 3.63) is 10.4 Å². The Morgan fingerprint density at radius 2 is 1.88 bits per heavy atom. The van der Waals surface area contributed by atoms with E-state index in [-0.39, 0.29) is 11.8 Å². The van der Waals surface area contributed by atoms with E-state index in [1.54, 1.807) is 13.8 Å². The lowest BCUT2D eigenvalue weighted by Crippen LogP contribution is -2.38. The summed E-state index contributed by atoms with van der Waals surface area (Å²) in [6, 6.07) is 0. The molecule has 0 aromatic rings. The lowest BCUT2D eigenvalue weighted by Gasteiger charge is -2.29. The molecule has 2 N–H and O–H groups in total. The van der Waals surface area contributed by atoms with Crippen molar-refractivity contribution in [2.24, 2.45) is 22.9 Å². The van der Waals surface area contributed by atoms with Crippen LogP contribution in [0.15, 0.2) is 5.11 Å². The molecule has 92 valence electrons. The van der Waals surface area contributed by atoms with Gasteiger partial charge in [0.05, 0.1) is 12.2 Å². The minimum atomic E-state index is -0.798. The van der Waals surface area contributed by atoms with Gasteiger partial charge in [-0.05, 0) is 29.7 Å². The van der Waals surface area contributed by atoms with Gasteiger partial charge in [0.1, 0.15) is 0 Å². The molecule has 0 amide bonds. The Morgan fingerprint density at radius 1 is 1.31 bits per heavy atom. The van der Waals surface area contributed by atoms with E-state index in [1.807, 2.05) is 13.8 Å². The minimum absolute atomic E-state index is 0.0770. The third-order valence-corrected chi connectivity index (χ3v) is 3.79. The zero-order chi connectivity index (χ0) is 12.5. The summed E-state index contributed by atoms with van der Waals surface area (Å²) in [5, 5.41) is 23.7. The third-order valence-electron chi connectivity index (χ3n) is 3.79. The van der Waals surface area contributed by atoms with E-state index in [0.29, 0.717) is 12.3 Å². The fourth-order valence-corrected chi connectivity index (χ4v) is 2.63. The topological polar surface area (TPSA) is 89.2 Å². The number of hydrogen-bond acceptors (Lipinski definition) is 3. The van der Waals surface area contributed by atoms with Crippen LogP contribution >= 0.6 is 0 Å². The Morgan fingerprint density at radius 3 is 2.25 bits per heavy atom. The molecule has 0 radical (unpaired) electrons. The molecular weight excluding hydrogens is 206 g/mol. The minimum Gasteiger partial charge on any atom is -0.390 e. The molecule has 4 atom stereocenters. The normalized spacial score (nSPS) is 35.2. The maximum Gasteiger partial charge on any atom is 0.0836 e. The van der Waals surface area contributed by atoms with Crippen molar-refractivity contribution in [1.29, 1.82) is 0 Å². The Balaban J connectivity index is 2.89. The molecule has 1 aliphatic rings. The van der Waals surface area contributed by atoms with Crippen LogP contribution in [0.5, 0.6) is 0 Å². The third kappa shape index (κ3) is 2.32. The highest BCUT2D eigenvalue weighted by molar-refractivity contribution is 5.01. The van der Waals surface area contributed by atoms with Gasteiger partial charge in [0.25, 0.3) is 0 Å². The summed E-state index contributed by atoms with van der Waals surface area (Å²) >= 11 is 0. The highest BCUT2D eigenvalue weighted by Crippen LogP contribution is 2.42. The molecule has 0 aromatic carbocycles. The van der Waals surface area contributed by atoms with E-state index in [2.05, 4.69) is 10.0 Å². The van der Waals surface area contributed by atoms with Gasteiger partial charge in [-0.2, -0.15) is 0 Å². The molecule has 0 unspecified atom stereocenters. The van der Waals surface area contributed by atoms with Crippen LogP contribution < -0.4 is 0 Å². The molecule has 16 heavy (non-hydrogen) atoms. The van der Waals surface area contributed by atoms with E-state index >= 15 is 0 Å². The van der Waals surface area contributed by atoms with Crippen molar-refractivity contribution >= 4 is 0 Å². The summed E-state index contributed by atoms with van der Waals surface area (Å²) in [6.07, 6.45) is -0.808. The van der Waals surface area contributed by atoms with E-state index in [0.717, 1.165) is 0 Å². The van der Waals surface area contributed by atoms with E-state index in [4.69, 9.17) is 5.53 Å². The number of rotatable bonds is 3. The molecule has 1 saturated carbocycles. The molecule has 1 fully saturated rings. The molecule has 1 aliphatic carbocycles. The average Bonchev–Trinajstić information content (AvgIpc) is 2.44. The van der Waals surface area contributed by atoms with Gasteiger partial charge in [-0.1, -0.05) is 32.8 Å². The van der Waals surface area contributed by atoms with Crippen molar-refractivity contribution in [2.45, 2.75) is 51.9 Å². The largest absolute Gasteiger partial charge is 0.390 e. The second-order valence-electron chi connectivity index (χ2n) is 5.57. The molecule has 0 spiro atoms. The van der Waals surface area contributed by atoms with Crippen LogP contribution in [0.4, 0.5) is 0 Å². The maximum absolute atomic E-state index is 10.0. The zero-order valence-corrected chi connectivity index (χ0v) is 10.3. The SMILES string of the molecule is CC(C)[C@@H]1C[C@H](C(C)(C)N=[N+]=[N-])[C@@H](O)[C@H]1O. The summed E-state index contributed by atoms with van der Waals surface area (Å²) in [7, 11) is 0. The molecule has 5 heteroatoms. The van der Waals surface area contributed by atoms with Crippen LogP contribution in [0.2, 0.25) is 0 Å². The van der Waals surface area contributed by atoms with Crippen LogP contribution in [-0.4, -0.2) is 28.0 Å². The Hall–Kier alpha value is -0.770. The molecular formula is C11H21N3O2.